The molecule has 1 amide bonds. The summed E-state index contributed by atoms with van der Waals surface area (Å²) in [6.45, 7) is 8.28. The van der Waals surface area contributed by atoms with Crippen LogP contribution in [0.25, 0.3) is 0 Å². The standard InChI is InChI=1S/C11H23N3O2/c1-10(9-16-2)11(15)13-5-8-14-6-3-12-4-7-14/h10,12H,3-9H2,1-2H3,(H,13,15). The van der Waals surface area contributed by atoms with Gasteiger partial charge in [-0.2, -0.15) is 0 Å². The van der Waals surface area contributed by atoms with Crippen molar-refractivity contribution < 1.29 is 9.53 Å². The molecule has 0 radical (unpaired) electrons. The maximum absolute atomic E-state index is 11.6. The molecule has 0 spiro atoms. The van der Waals surface area contributed by atoms with Crippen LogP contribution in [0.3, 0.4) is 0 Å². The van der Waals surface area contributed by atoms with E-state index in [1.54, 1.807) is 7.11 Å². The van der Waals surface area contributed by atoms with Gasteiger partial charge in [-0.1, -0.05) is 6.92 Å². The fourth-order valence-electron chi connectivity index (χ4n) is 1.77. The zero-order valence-electron chi connectivity index (χ0n) is 10.3. The fraction of sp³-hybridized carbons (Fsp3) is 0.909. The molecule has 1 rings (SSSR count). The number of nitrogens with zero attached hydrogens (tertiary/aromatic N) is 1. The van der Waals surface area contributed by atoms with Crippen molar-refractivity contribution in [3.05, 3.63) is 0 Å². The van der Waals surface area contributed by atoms with Gasteiger partial charge in [0.2, 0.25) is 5.91 Å². The number of ether oxygens (including phenoxy) is 1. The van der Waals surface area contributed by atoms with Gasteiger partial charge in [-0.25, -0.2) is 0 Å². The van der Waals surface area contributed by atoms with Gasteiger partial charge in [-0.05, 0) is 0 Å². The average molecular weight is 229 g/mol. The maximum Gasteiger partial charge on any atom is 0.225 e. The Morgan fingerprint density at radius 2 is 2.19 bits per heavy atom. The number of piperazine rings is 1. The quantitative estimate of drug-likeness (QED) is 0.632. The van der Waals surface area contributed by atoms with Crippen molar-refractivity contribution in [3.63, 3.8) is 0 Å². The first-order chi connectivity index (χ1) is 7.74. The van der Waals surface area contributed by atoms with Crippen LogP contribution in [0.15, 0.2) is 0 Å². The minimum absolute atomic E-state index is 0.0620. The van der Waals surface area contributed by atoms with Crippen LogP contribution in [0.4, 0.5) is 0 Å². The molecule has 1 fully saturated rings. The lowest BCUT2D eigenvalue weighted by Gasteiger charge is -2.27. The van der Waals surface area contributed by atoms with Crippen LogP contribution >= 0.6 is 0 Å². The molecule has 2 N–H and O–H groups in total. The normalized spacial score (nSPS) is 19.4. The summed E-state index contributed by atoms with van der Waals surface area (Å²) in [5.41, 5.74) is 0. The molecule has 5 heteroatoms. The third-order valence-corrected chi connectivity index (χ3v) is 2.80. The minimum atomic E-state index is -0.0620. The van der Waals surface area contributed by atoms with Gasteiger partial charge in [0.1, 0.15) is 0 Å². The molecule has 0 aromatic heterocycles. The molecule has 0 aromatic rings. The predicted molar refractivity (Wildman–Crippen MR) is 63.4 cm³/mol. The largest absolute Gasteiger partial charge is 0.384 e. The summed E-state index contributed by atoms with van der Waals surface area (Å²) in [4.78, 5) is 13.9. The van der Waals surface area contributed by atoms with Gasteiger partial charge < -0.3 is 15.4 Å². The van der Waals surface area contributed by atoms with E-state index in [0.717, 1.165) is 39.3 Å². The van der Waals surface area contributed by atoms with E-state index in [1.807, 2.05) is 6.92 Å². The van der Waals surface area contributed by atoms with Gasteiger partial charge in [0.15, 0.2) is 0 Å². The van der Waals surface area contributed by atoms with Crippen molar-refractivity contribution >= 4 is 5.91 Å². The SMILES string of the molecule is COCC(C)C(=O)NCCN1CCNCC1. The van der Waals surface area contributed by atoms with E-state index in [2.05, 4.69) is 15.5 Å². The zero-order valence-corrected chi connectivity index (χ0v) is 10.3. The van der Waals surface area contributed by atoms with E-state index < -0.39 is 0 Å². The van der Waals surface area contributed by atoms with E-state index in [1.165, 1.54) is 0 Å². The summed E-state index contributed by atoms with van der Waals surface area (Å²) in [5, 5.41) is 6.24. The summed E-state index contributed by atoms with van der Waals surface area (Å²) in [6.07, 6.45) is 0. The van der Waals surface area contributed by atoms with Crippen molar-refractivity contribution in [1.82, 2.24) is 15.5 Å². The number of nitrogens with one attached hydrogen (secondary N) is 2. The topological polar surface area (TPSA) is 53.6 Å². The van der Waals surface area contributed by atoms with E-state index in [0.29, 0.717) is 6.61 Å². The first kappa shape index (κ1) is 13.4. The highest BCUT2D eigenvalue weighted by Crippen LogP contribution is 1.95. The molecule has 0 bridgehead atoms. The van der Waals surface area contributed by atoms with Gasteiger partial charge in [0.05, 0.1) is 12.5 Å². The second-order valence-electron chi connectivity index (χ2n) is 4.24. The molecule has 1 saturated heterocycles. The monoisotopic (exact) mass is 229 g/mol. The van der Waals surface area contributed by atoms with Crippen molar-refractivity contribution in [2.24, 2.45) is 5.92 Å². The van der Waals surface area contributed by atoms with Gasteiger partial charge >= 0.3 is 0 Å². The summed E-state index contributed by atoms with van der Waals surface area (Å²) >= 11 is 0. The van der Waals surface area contributed by atoms with Crippen LogP contribution in [-0.2, 0) is 9.53 Å². The molecule has 1 heterocycles. The minimum Gasteiger partial charge on any atom is -0.384 e. The number of hydrogen-bond donors (Lipinski definition) is 2. The molecule has 0 aromatic carbocycles. The van der Waals surface area contributed by atoms with Gasteiger partial charge in [-0.3, -0.25) is 9.69 Å². The van der Waals surface area contributed by atoms with Crippen LogP contribution in [0.5, 0.6) is 0 Å². The van der Waals surface area contributed by atoms with Crippen LogP contribution < -0.4 is 10.6 Å². The van der Waals surface area contributed by atoms with Crippen molar-refractivity contribution in [2.75, 3.05) is 53.0 Å². The Hall–Kier alpha value is -0.650. The Labute approximate surface area is 97.5 Å². The number of carbonyl (C=O) groups is 1. The first-order valence-electron chi connectivity index (χ1n) is 5.93. The summed E-state index contributed by atoms with van der Waals surface area (Å²) in [6, 6.07) is 0. The van der Waals surface area contributed by atoms with E-state index >= 15 is 0 Å². The second-order valence-corrected chi connectivity index (χ2v) is 4.24. The fourth-order valence-corrected chi connectivity index (χ4v) is 1.77. The highest BCUT2D eigenvalue weighted by molar-refractivity contribution is 5.78. The second kappa shape index (κ2) is 7.60. The Bertz CT molecular complexity index is 205. The Morgan fingerprint density at radius 3 is 2.81 bits per heavy atom. The summed E-state index contributed by atoms with van der Waals surface area (Å²) < 4.78 is 4.94. The molecule has 1 atom stereocenters. The highest BCUT2D eigenvalue weighted by Gasteiger charge is 2.13. The Kier molecular flexibility index (Phi) is 6.37. The van der Waals surface area contributed by atoms with E-state index in [9.17, 15) is 4.79 Å². The molecule has 1 unspecified atom stereocenters. The predicted octanol–water partition coefficient (Wildman–Crippen LogP) is -0.710. The molecule has 0 saturated carbocycles. The van der Waals surface area contributed by atoms with Crippen LogP contribution in [0.1, 0.15) is 6.92 Å². The first-order valence-corrected chi connectivity index (χ1v) is 5.93. The van der Waals surface area contributed by atoms with Crippen molar-refractivity contribution in [2.45, 2.75) is 6.92 Å². The maximum atomic E-state index is 11.6. The molecular formula is C11H23N3O2. The third kappa shape index (κ3) is 4.92. The van der Waals surface area contributed by atoms with Crippen LogP contribution in [0.2, 0.25) is 0 Å². The number of rotatable bonds is 6. The Morgan fingerprint density at radius 1 is 1.50 bits per heavy atom. The highest BCUT2D eigenvalue weighted by atomic mass is 16.5. The smallest absolute Gasteiger partial charge is 0.225 e. The lowest BCUT2D eigenvalue weighted by Crippen LogP contribution is -2.46. The van der Waals surface area contributed by atoms with Gasteiger partial charge in [-0.15, -0.1) is 0 Å². The molecule has 0 aliphatic carbocycles. The third-order valence-electron chi connectivity index (χ3n) is 2.80. The lowest BCUT2D eigenvalue weighted by molar-refractivity contribution is -0.126. The van der Waals surface area contributed by atoms with Crippen LogP contribution in [0, 0.1) is 5.92 Å². The number of hydrogen-bond acceptors (Lipinski definition) is 4. The number of amides is 1. The number of methoxy groups -OCH3 is 1. The van der Waals surface area contributed by atoms with Gasteiger partial charge in [0, 0.05) is 46.4 Å². The molecule has 5 nitrogen and oxygen atoms in total. The number of carbonyl (C=O) groups excluding carboxylic acids is 1. The molecule has 1 aliphatic rings. The Balaban J connectivity index is 2.07. The molecule has 94 valence electrons. The van der Waals surface area contributed by atoms with Gasteiger partial charge in [0.25, 0.3) is 0 Å². The average Bonchev–Trinajstić information content (AvgIpc) is 2.30. The molecule has 16 heavy (non-hydrogen) atoms. The van der Waals surface area contributed by atoms with Crippen molar-refractivity contribution in [3.8, 4) is 0 Å². The van der Waals surface area contributed by atoms with E-state index in [-0.39, 0.29) is 11.8 Å². The lowest BCUT2D eigenvalue weighted by atomic mass is 10.2. The van der Waals surface area contributed by atoms with E-state index in [4.69, 9.17) is 4.74 Å². The summed E-state index contributed by atoms with van der Waals surface area (Å²) in [7, 11) is 1.62. The van der Waals surface area contributed by atoms with Crippen molar-refractivity contribution in [1.29, 1.82) is 0 Å². The molecular weight excluding hydrogens is 206 g/mol. The summed E-state index contributed by atoms with van der Waals surface area (Å²) in [5.74, 6) is 0.0185. The zero-order chi connectivity index (χ0) is 11.8. The molecule has 1 aliphatic heterocycles. The van der Waals surface area contributed by atoms with Crippen LogP contribution in [-0.4, -0.2) is 63.8 Å².